The number of urea groups is 1. The molecule has 12 heteroatoms. The van der Waals surface area contributed by atoms with Crippen molar-refractivity contribution in [2.24, 2.45) is 0 Å². The maximum absolute atomic E-state index is 13.5. The van der Waals surface area contributed by atoms with E-state index in [-0.39, 0.29) is 26.6 Å². The summed E-state index contributed by atoms with van der Waals surface area (Å²) in [6.45, 7) is 3.83. The third kappa shape index (κ3) is 3.55. The number of hydrogen-bond acceptors (Lipinski definition) is 6. The van der Waals surface area contributed by atoms with Crippen molar-refractivity contribution in [1.29, 1.82) is 5.26 Å². The van der Waals surface area contributed by atoms with Crippen LogP contribution in [0.4, 0.5) is 10.5 Å². The highest BCUT2D eigenvalue weighted by Gasteiger charge is 2.62. The lowest BCUT2D eigenvalue weighted by atomic mass is 10.1. The molecule has 0 saturated carbocycles. The van der Waals surface area contributed by atoms with Gasteiger partial charge in [-0.25, -0.2) is 18.1 Å². The summed E-state index contributed by atoms with van der Waals surface area (Å²) in [6.07, 6.45) is 0.509. The Labute approximate surface area is 212 Å². The molecule has 0 aromatic heterocycles. The zero-order valence-electron chi connectivity index (χ0n) is 18.7. The lowest BCUT2D eigenvalue weighted by Crippen LogP contribution is -2.57. The van der Waals surface area contributed by atoms with Crippen molar-refractivity contribution < 1.29 is 18.0 Å². The molecule has 180 valence electrons. The van der Waals surface area contributed by atoms with Crippen molar-refractivity contribution in [3.63, 3.8) is 0 Å². The molecule has 0 radical (unpaired) electrons. The molecule has 0 aliphatic carbocycles. The van der Waals surface area contributed by atoms with Crippen LogP contribution < -0.4 is 9.62 Å². The predicted molar refractivity (Wildman–Crippen MR) is 132 cm³/mol. The maximum atomic E-state index is 13.5. The molecule has 9 nitrogen and oxygen atoms in total. The van der Waals surface area contributed by atoms with E-state index in [1.54, 1.807) is 28.9 Å². The Kier molecular flexibility index (Phi) is 5.51. The molecule has 2 aromatic rings. The zero-order valence-corrected chi connectivity index (χ0v) is 21.1. The summed E-state index contributed by atoms with van der Waals surface area (Å²) >= 11 is 11.7. The number of hydrogen-bond donors (Lipinski definition) is 1. The first-order chi connectivity index (χ1) is 16.5. The second-order valence-corrected chi connectivity index (χ2v) is 11.3. The molecule has 3 atom stereocenters. The number of fused-ring (bicyclic) bond motifs is 5. The second-order valence-electron chi connectivity index (χ2n) is 8.82. The number of benzene rings is 2. The average Bonchev–Trinajstić information content (AvgIpc) is 3.47. The van der Waals surface area contributed by atoms with Gasteiger partial charge in [0, 0.05) is 6.54 Å². The van der Waals surface area contributed by atoms with Crippen molar-refractivity contribution >= 4 is 56.6 Å². The summed E-state index contributed by atoms with van der Waals surface area (Å²) in [5.41, 5.74) is 1.97. The number of nitriles is 1. The summed E-state index contributed by atoms with van der Waals surface area (Å²) in [4.78, 5) is 31.1. The van der Waals surface area contributed by atoms with Crippen LogP contribution in [-0.4, -0.2) is 59.9 Å². The normalized spacial score (nSPS) is 23.0. The number of piperazine rings is 1. The average molecular weight is 530 g/mol. The molecule has 3 fully saturated rings. The predicted octanol–water partition coefficient (Wildman–Crippen LogP) is 2.69. The number of sulfonamides is 1. The van der Waals surface area contributed by atoms with Crippen LogP contribution in [0.15, 0.2) is 41.3 Å². The van der Waals surface area contributed by atoms with Gasteiger partial charge in [0.1, 0.15) is 12.1 Å². The van der Waals surface area contributed by atoms with E-state index in [4.69, 9.17) is 23.8 Å². The fourth-order valence-electron chi connectivity index (χ4n) is 5.07. The first-order valence-corrected chi connectivity index (χ1v) is 13.1. The van der Waals surface area contributed by atoms with Crippen LogP contribution in [0.3, 0.4) is 0 Å². The smallest absolute Gasteiger partial charge is 0.332 e. The molecular formula is C23H20ClN5O4S2. The molecule has 35 heavy (non-hydrogen) atoms. The summed E-state index contributed by atoms with van der Waals surface area (Å²) < 4.78 is 28.1. The molecule has 2 aromatic carbocycles. The minimum absolute atomic E-state index is 0.00554. The molecule has 3 saturated heterocycles. The number of aryl methyl sites for hydroxylation is 1. The van der Waals surface area contributed by atoms with Crippen LogP contribution in [0.2, 0.25) is 5.02 Å². The maximum Gasteiger partial charge on any atom is 0.332 e. The Bertz CT molecular complexity index is 1440. The van der Waals surface area contributed by atoms with Gasteiger partial charge in [-0.1, -0.05) is 29.3 Å². The highest BCUT2D eigenvalue weighted by atomic mass is 35.5. The molecular weight excluding hydrogens is 510 g/mol. The standard InChI is InChI=1S/C23H20ClN5O4S2/c1-12-3-6-16(7-4-12)35(32,33)26-22(34)27-11-15-9-18(27)20-21(30)29(23(31)28(15)20)17-8-5-14(10-25)19(24)13(17)2/h3-8,15,18,20H,9,11H2,1-2H3,(H,26,34). The Balaban J connectivity index is 1.39. The van der Waals surface area contributed by atoms with Crippen LogP contribution >= 0.6 is 23.8 Å². The number of amides is 3. The number of rotatable bonds is 3. The Morgan fingerprint density at radius 1 is 1.17 bits per heavy atom. The fraction of sp³-hybridized carbons (Fsp3) is 0.304. The number of imide groups is 1. The van der Waals surface area contributed by atoms with Crippen molar-refractivity contribution in [2.45, 2.75) is 43.3 Å². The van der Waals surface area contributed by atoms with Crippen molar-refractivity contribution in [3.05, 3.63) is 58.1 Å². The van der Waals surface area contributed by atoms with Gasteiger partial charge in [0.25, 0.3) is 15.9 Å². The first kappa shape index (κ1) is 23.5. The van der Waals surface area contributed by atoms with Gasteiger partial charge in [0.2, 0.25) is 0 Å². The molecule has 3 unspecified atom stereocenters. The second kappa shape index (κ2) is 8.19. The SMILES string of the molecule is Cc1ccc(S(=O)(=O)NC(=S)N2CC3CC2C2C(=O)N(c4ccc(C#N)c(Cl)c4C)C(=O)N32)cc1. The van der Waals surface area contributed by atoms with Gasteiger partial charge in [-0.15, -0.1) is 0 Å². The molecule has 3 aliphatic rings. The topological polar surface area (TPSA) is 114 Å². The van der Waals surface area contributed by atoms with E-state index < -0.39 is 34.0 Å². The lowest BCUT2D eigenvalue weighted by molar-refractivity contribution is -0.120. The zero-order chi connectivity index (χ0) is 25.2. The number of anilines is 1. The van der Waals surface area contributed by atoms with Gasteiger partial charge in [0.15, 0.2) is 5.11 Å². The summed E-state index contributed by atoms with van der Waals surface area (Å²) in [5, 5.41) is 9.39. The highest BCUT2D eigenvalue weighted by molar-refractivity contribution is 7.91. The molecule has 1 N–H and O–H groups in total. The summed E-state index contributed by atoms with van der Waals surface area (Å²) in [6, 6.07) is 9.40. The van der Waals surface area contributed by atoms with Crippen LogP contribution in [0.25, 0.3) is 0 Å². The van der Waals surface area contributed by atoms with Crippen molar-refractivity contribution in [1.82, 2.24) is 14.5 Å². The Hall–Kier alpha value is -3.20. The van der Waals surface area contributed by atoms with Gasteiger partial charge in [0.05, 0.1) is 33.3 Å². The number of thiocarbonyl (C=S) groups is 1. The van der Waals surface area contributed by atoms with Gasteiger partial charge in [-0.05, 0) is 62.3 Å². The van der Waals surface area contributed by atoms with E-state index in [9.17, 15) is 23.3 Å². The Morgan fingerprint density at radius 3 is 2.51 bits per heavy atom. The Morgan fingerprint density at radius 2 is 1.86 bits per heavy atom. The van der Waals surface area contributed by atoms with Crippen LogP contribution in [0.5, 0.6) is 0 Å². The number of nitrogens with zero attached hydrogens (tertiary/aromatic N) is 4. The van der Waals surface area contributed by atoms with Crippen LogP contribution in [0.1, 0.15) is 23.1 Å². The van der Waals surface area contributed by atoms with E-state index in [1.165, 1.54) is 24.3 Å². The molecule has 3 heterocycles. The van der Waals surface area contributed by atoms with E-state index >= 15 is 0 Å². The number of nitrogens with one attached hydrogen (secondary N) is 1. The van der Waals surface area contributed by atoms with Crippen LogP contribution in [0, 0.1) is 25.2 Å². The van der Waals surface area contributed by atoms with Crippen LogP contribution in [-0.2, 0) is 14.8 Å². The van der Waals surface area contributed by atoms with Gasteiger partial charge >= 0.3 is 6.03 Å². The van der Waals surface area contributed by atoms with Crippen molar-refractivity contribution in [3.8, 4) is 6.07 Å². The summed E-state index contributed by atoms with van der Waals surface area (Å²) in [7, 11) is -3.90. The fourth-order valence-corrected chi connectivity index (χ4v) is 6.77. The van der Waals surface area contributed by atoms with E-state index in [0.29, 0.717) is 24.2 Å². The number of carbonyl (C=O) groups is 2. The third-order valence-corrected chi connectivity index (χ3v) is 9.11. The van der Waals surface area contributed by atoms with Crippen molar-refractivity contribution in [2.75, 3.05) is 11.4 Å². The van der Waals surface area contributed by atoms with Gasteiger partial charge < -0.3 is 9.80 Å². The molecule has 2 bridgehead atoms. The summed E-state index contributed by atoms with van der Waals surface area (Å²) in [5.74, 6) is -0.430. The molecule has 0 spiro atoms. The lowest BCUT2D eigenvalue weighted by Gasteiger charge is -2.36. The highest BCUT2D eigenvalue weighted by Crippen LogP contribution is 2.43. The van der Waals surface area contributed by atoms with E-state index in [0.717, 1.165) is 10.5 Å². The minimum Gasteiger partial charge on any atom is -0.341 e. The minimum atomic E-state index is -3.90. The first-order valence-electron chi connectivity index (χ1n) is 10.8. The molecule has 3 amide bonds. The monoisotopic (exact) mass is 529 g/mol. The largest absolute Gasteiger partial charge is 0.341 e. The van der Waals surface area contributed by atoms with Gasteiger partial charge in [-0.2, -0.15) is 5.26 Å². The molecule has 5 rings (SSSR count). The number of halogens is 1. The van der Waals surface area contributed by atoms with E-state index in [1.807, 2.05) is 13.0 Å². The number of likely N-dealkylation sites (tertiary alicyclic amines) is 1. The van der Waals surface area contributed by atoms with E-state index in [2.05, 4.69) is 4.72 Å². The number of carbonyl (C=O) groups excluding carboxylic acids is 2. The molecule has 3 aliphatic heterocycles. The third-order valence-electron chi connectivity index (χ3n) is 6.80. The quantitative estimate of drug-likeness (QED) is 0.480. The van der Waals surface area contributed by atoms with Gasteiger partial charge in [-0.3, -0.25) is 9.52 Å².